The van der Waals surface area contributed by atoms with Gasteiger partial charge in [-0.3, -0.25) is 9.69 Å². The molecule has 0 spiro atoms. The van der Waals surface area contributed by atoms with Crippen molar-refractivity contribution >= 4 is 28.5 Å². The molecule has 3 nitrogen and oxygen atoms in total. The van der Waals surface area contributed by atoms with Gasteiger partial charge in [0, 0.05) is 42.6 Å². The Hall–Kier alpha value is 0.160. The van der Waals surface area contributed by atoms with Crippen LogP contribution in [-0.2, 0) is 4.79 Å². The lowest BCUT2D eigenvalue weighted by Gasteiger charge is -2.42. The predicted octanol–water partition coefficient (Wildman–Crippen LogP) is 2.53. The van der Waals surface area contributed by atoms with E-state index in [-0.39, 0.29) is 0 Å². The zero-order valence-electron chi connectivity index (χ0n) is 11.7. The molecule has 0 bridgehead atoms. The summed E-state index contributed by atoms with van der Waals surface area (Å²) in [7, 11) is 0. The fourth-order valence-electron chi connectivity index (χ4n) is 3.56. The Labute approximate surface area is 130 Å². The average molecular weight is 376 g/mol. The Morgan fingerprint density at radius 3 is 2.11 bits per heavy atom. The number of nitrogens with zero attached hydrogens (tertiary/aromatic N) is 2. The molecule has 108 valence electrons. The Bertz CT molecular complexity index is 316. The zero-order chi connectivity index (χ0) is 13.2. The molecule has 0 radical (unpaired) electrons. The molecule has 3 fully saturated rings. The maximum absolute atomic E-state index is 12.0. The van der Waals surface area contributed by atoms with Crippen molar-refractivity contribution in [2.75, 3.05) is 30.6 Å². The van der Waals surface area contributed by atoms with Gasteiger partial charge in [-0.25, -0.2) is 0 Å². The molecule has 1 heterocycles. The first-order valence-electron chi connectivity index (χ1n) is 7.86. The van der Waals surface area contributed by atoms with E-state index in [1.54, 1.807) is 0 Å². The molecule has 0 aromatic heterocycles. The molecule has 0 unspecified atom stereocenters. The SMILES string of the molecule is O=C(C1CC1)N1CCN(C2CCC(CI)CC2)CC1. The van der Waals surface area contributed by atoms with Crippen molar-refractivity contribution in [1.82, 2.24) is 9.80 Å². The normalized spacial score (nSPS) is 33.4. The number of carbonyl (C=O) groups is 1. The minimum absolute atomic E-state index is 0.394. The maximum atomic E-state index is 12.0. The molecular weight excluding hydrogens is 351 g/mol. The molecule has 19 heavy (non-hydrogen) atoms. The lowest BCUT2D eigenvalue weighted by atomic mass is 9.86. The summed E-state index contributed by atoms with van der Waals surface area (Å²) in [5.41, 5.74) is 0. The zero-order valence-corrected chi connectivity index (χ0v) is 13.8. The maximum Gasteiger partial charge on any atom is 0.225 e. The fourth-order valence-corrected chi connectivity index (χ4v) is 4.44. The first kappa shape index (κ1) is 14.1. The van der Waals surface area contributed by atoms with Gasteiger partial charge < -0.3 is 4.90 Å². The van der Waals surface area contributed by atoms with Crippen LogP contribution in [0.4, 0.5) is 0 Å². The number of alkyl halides is 1. The average Bonchev–Trinajstić information content (AvgIpc) is 3.31. The van der Waals surface area contributed by atoms with Gasteiger partial charge in [0.15, 0.2) is 0 Å². The highest BCUT2D eigenvalue weighted by molar-refractivity contribution is 14.1. The van der Waals surface area contributed by atoms with Gasteiger partial charge in [-0.05, 0) is 44.4 Å². The van der Waals surface area contributed by atoms with Gasteiger partial charge in [-0.1, -0.05) is 22.6 Å². The van der Waals surface area contributed by atoms with Crippen molar-refractivity contribution in [3.05, 3.63) is 0 Å². The van der Waals surface area contributed by atoms with Gasteiger partial charge >= 0.3 is 0 Å². The van der Waals surface area contributed by atoms with Gasteiger partial charge in [0.25, 0.3) is 0 Å². The van der Waals surface area contributed by atoms with Gasteiger partial charge in [-0.2, -0.15) is 0 Å². The van der Waals surface area contributed by atoms with Crippen LogP contribution in [0.5, 0.6) is 0 Å². The minimum atomic E-state index is 0.394. The standard InChI is InChI=1S/C15H25IN2O/c16-11-12-1-5-14(6-2-12)17-7-9-18(10-8-17)15(19)13-3-4-13/h12-14H,1-11H2. The van der Waals surface area contributed by atoms with E-state index in [4.69, 9.17) is 0 Å². The van der Waals surface area contributed by atoms with Crippen molar-refractivity contribution in [3.8, 4) is 0 Å². The monoisotopic (exact) mass is 376 g/mol. The second kappa shape index (κ2) is 6.29. The third-order valence-electron chi connectivity index (χ3n) is 5.10. The Kier molecular flexibility index (Phi) is 4.67. The number of amides is 1. The largest absolute Gasteiger partial charge is 0.340 e. The van der Waals surface area contributed by atoms with Gasteiger partial charge in [0.05, 0.1) is 0 Å². The van der Waals surface area contributed by atoms with E-state index in [2.05, 4.69) is 32.4 Å². The van der Waals surface area contributed by atoms with Crippen LogP contribution in [0.25, 0.3) is 0 Å². The van der Waals surface area contributed by atoms with E-state index in [0.717, 1.165) is 51.0 Å². The summed E-state index contributed by atoms with van der Waals surface area (Å²) in [5.74, 6) is 1.80. The number of hydrogen-bond donors (Lipinski definition) is 0. The number of halogens is 1. The molecule has 1 aliphatic heterocycles. The minimum Gasteiger partial charge on any atom is -0.340 e. The van der Waals surface area contributed by atoms with Crippen LogP contribution in [0.1, 0.15) is 38.5 Å². The van der Waals surface area contributed by atoms with Crippen LogP contribution < -0.4 is 0 Å². The van der Waals surface area contributed by atoms with Crippen LogP contribution in [0.2, 0.25) is 0 Å². The van der Waals surface area contributed by atoms with Gasteiger partial charge in [-0.15, -0.1) is 0 Å². The van der Waals surface area contributed by atoms with Crippen molar-refractivity contribution in [3.63, 3.8) is 0 Å². The van der Waals surface area contributed by atoms with Crippen LogP contribution >= 0.6 is 22.6 Å². The third kappa shape index (κ3) is 3.43. The summed E-state index contributed by atoms with van der Waals surface area (Å²) in [4.78, 5) is 16.8. The fraction of sp³-hybridized carbons (Fsp3) is 0.933. The molecule has 4 heteroatoms. The summed E-state index contributed by atoms with van der Waals surface area (Å²) < 4.78 is 1.33. The van der Waals surface area contributed by atoms with Crippen LogP contribution in [0.3, 0.4) is 0 Å². The molecule has 2 aliphatic carbocycles. The second-order valence-electron chi connectivity index (χ2n) is 6.46. The quantitative estimate of drug-likeness (QED) is 0.558. The van der Waals surface area contributed by atoms with Gasteiger partial charge in [0.1, 0.15) is 0 Å². The van der Waals surface area contributed by atoms with E-state index >= 15 is 0 Å². The molecule has 1 saturated heterocycles. The van der Waals surface area contributed by atoms with Crippen LogP contribution in [0.15, 0.2) is 0 Å². The van der Waals surface area contributed by atoms with Crippen LogP contribution in [-0.4, -0.2) is 52.4 Å². The molecule has 0 N–H and O–H groups in total. The van der Waals surface area contributed by atoms with E-state index < -0.39 is 0 Å². The third-order valence-corrected chi connectivity index (χ3v) is 6.35. The second-order valence-corrected chi connectivity index (χ2v) is 7.35. The first-order valence-corrected chi connectivity index (χ1v) is 9.39. The van der Waals surface area contributed by atoms with Crippen molar-refractivity contribution in [2.24, 2.45) is 11.8 Å². The number of hydrogen-bond acceptors (Lipinski definition) is 2. The summed E-state index contributed by atoms with van der Waals surface area (Å²) in [6.45, 7) is 4.17. The Morgan fingerprint density at radius 2 is 1.58 bits per heavy atom. The molecule has 3 rings (SSSR count). The van der Waals surface area contributed by atoms with E-state index in [1.165, 1.54) is 30.1 Å². The molecule has 0 atom stereocenters. The number of rotatable bonds is 3. The molecule has 1 amide bonds. The summed E-state index contributed by atoms with van der Waals surface area (Å²) in [6.07, 6.45) is 7.86. The van der Waals surface area contributed by atoms with Gasteiger partial charge in [0.2, 0.25) is 5.91 Å². The summed E-state index contributed by atoms with van der Waals surface area (Å²) in [6, 6.07) is 0.803. The van der Waals surface area contributed by atoms with Crippen LogP contribution in [0, 0.1) is 11.8 Å². The topological polar surface area (TPSA) is 23.6 Å². The highest BCUT2D eigenvalue weighted by Gasteiger charge is 2.35. The highest BCUT2D eigenvalue weighted by Crippen LogP contribution is 2.32. The van der Waals surface area contributed by atoms with E-state index in [9.17, 15) is 4.79 Å². The summed E-state index contributed by atoms with van der Waals surface area (Å²) >= 11 is 2.53. The molecular formula is C15H25IN2O. The van der Waals surface area contributed by atoms with E-state index in [0.29, 0.717) is 11.8 Å². The van der Waals surface area contributed by atoms with Crippen molar-refractivity contribution in [1.29, 1.82) is 0 Å². The Morgan fingerprint density at radius 1 is 0.947 bits per heavy atom. The smallest absolute Gasteiger partial charge is 0.225 e. The number of carbonyl (C=O) groups excluding carboxylic acids is 1. The van der Waals surface area contributed by atoms with Crippen molar-refractivity contribution < 1.29 is 4.79 Å². The molecule has 0 aromatic rings. The lowest BCUT2D eigenvalue weighted by Crippen LogP contribution is -2.53. The summed E-state index contributed by atoms with van der Waals surface area (Å²) in [5, 5.41) is 0. The first-order chi connectivity index (χ1) is 9.28. The lowest BCUT2D eigenvalue weighted by molar-refractivity contribution is -0.134. The highest BCUT2D eigenvalue weighted by atomic mass is 127. The Balaban J connectivity index is 1.43. The number of piperazine rings is 1. The molecule has 0 aromatic carbocycles. The molecule has 3 aliphatic rings. The van der Waals surface area contributed by atoms with Crippen molar-refractivity contribution in [2.45, 2.75) is 44.6 Å². The predicted molar refractivity (Wildman–Crippen MR) is 85.5 cm³/mol. The molecule has 2 saturated carbocycles. The van der Waals surface area contributed by atoms with E-state index in [1.807, 2.05) is 0 Å².